The van der Waals surface area contributed by atoms with Gasteiger partial charge in [-0.2, -0.15) is 0 Å². The van der Waals surface area contributed by atoms with Crippen molar-refractivity contribution in [2.75, 3.05) is 13.7 Å². The van der Waals surface area contributed by atoms with Crippen molar-refractivity contribution in [1.82, 2.24) is 10.3 Å². The third-order valence-corrected chi connectivity index (χ3v) is 3.65. The third-order valence-electron chi connectivity index (χ3n) is 2.71. The van der Waals surface area contributed by atoms with Crippen LogP contribution < -0.4 is 5.32 Å². The Morgan fingerprint density at radius 2 is 2.38 bits per heavy atom. The molecule has 112 valence electrons. The molecule has 0 aromatic carbocycles. The molecule has 8 heteroatoms. The van der Waals surface area contributed by atoms with Gasteiger partial charge in [-0.1, -0.05) is 0 Å². The Hall–Kier alpha value is -2.19. The van der Waals surface area contributed by atoms with Crippen molar-refractivity contribution in [1.29, 1.82) is 0 Å². The molecule has 0 aliphatic carbocycles. The molecule has 7 nitrogen and oxygen atoms in total. The second-order valence-electron chi connectivity index (χ2n) is 4.20. The second kappa shape index (κ2) is 7.00. The first-order valence-corrected chi connectivity index (χ1v) is 6.97. The smallest absolute Gasteiger partial charge is 0.334 e. The van der Waals surface area contributed by atoms with E-state index in [2.05, 4.69) is 10.3 Å². The number of hydrogen-bond acceptors (Lipinski definition) is 6. The van der Waals surface area contributed by atoms with Crippen LogP contribution in [0.3, 0.4) is 0 Å². The number of ether oxygens (including phenoxy) is 1. The largest absolute Gasteiger partial charge is 0.479 e. The minimum Gasteiger partial charge on any atom is -0.479 e. The number of carboxylic acid groups (broad SMARTS) is 1. The second-order valence-corrected chi connectivity index (χ2v) is 5.06. The highest BCUT2D eigenvalue weighted by molar-refractivity contribution is 7.13. The first-order chi connectivity index (χ1) is 10.1. The number of aliphatic carboxylic acids is 1. The van der Waals surface area contributed by atoms with Gasteiger partial charge in [0.25, 0.3) is 0 Å². The van der Waals surface area contributed by atoms with E-state index in [0.29, 0.717) is 5.69 Å². The summed E-state index contributed by atoms with van der Waals surface area (Å²) in [4.78, 5) is 26.8. The van der Waals surface area contributed by atoms with Crippen molar-refractivity contribution in [3.05, 3.63) is 29.7 Å². The predicted octanol–water partition coefficient (Wildman–Crippen LogP) is 1.16. The van der Waals surface area contributed by atoms with Gasteiger partial charge in [0.15, 0.2) is 6.10 Å². The number of aromatic nitrogens is 1. The maximum atomic E-state index is 11.7. The minimum absolute atomic E-state index is 0.0800. The topological polar surface area (TPSA) is 102 Å². The third kappa shape index (κ3) is 4.14. The molecule has 0 radical (unpaired) electrons. The van der Waals surface area contributed by atoms with Gasteiger partial charge in [-0.3, -0.25) is 4.79 Å². The van der Waals surface area contributed by atoms with E-state index in [1.807, 2.05) is 0 Å². The highest BCUT2D eigenvalue weighted by Crippen LogP contribution is 2.23. The van der Waals surface area contributed by atoms with Crippen molar-refractivity contribution in [3.8, 4) is 10.6 Å². The molecule has 1 amide bonds. The van der Waals surface area contributed by atoms with Gasteiger partial charge >= 0.3 is 5.97 Å². The van der Waals surface area contributed by atoms with Gasteiger partial charge in [-0.25, -0.2) is 9.78 Å². The van der Waals surface area contributed by atoms with Gasteiger partial charge in [0, 0.05) is 18.1 Å². The van der Waals surface area contributed by atoms with E-state index in [9.17, 15) is 9.59 Å². The van der Waals surface area contributed by atoms with E-state index in [4.69, 9.17) is 14.3 Å². The molecular weight excluding hydrogens is 296 g/mol. The van der Waals surface area contributed by atoms with Crippen LogP contribution in [0.5, 0.6) is 0 Å². The highest BCUT2D eigenvalue weighted by Gasteiger charge is 2.17. The van der Waals surface area contributed by atoms with Crippen LogP contribution in [0.2, 0.25) is 0 Å². The lowest BCUT2D eigenvalue weighted by Crippen LogP contribution is -2.38. The molecule has 0 bridgehead atoms. The van der Waals surface area contributed by atoms with Crippen LogP contribution in [0.1, 0.15) is 5.69 Å². The molecule has 0 aliphatic rings. The fourth-order valence-corrected chi connectivity index (χ4v) is 2.42. The average molecular weight is 310 g/mol. The fourth-order valence-electron chi connectivity index (χ4n) is 1.61. The summed E-state index contributed by atoms with van der Waals surface area (Å²) < 4.78 is 9.70. The minimum atomic E-state index is -1.12. The van der Waals surface area contributed by atoms with E-state index in [1.54, 1.807) is 24.0 Å². The Morgan fingerprint density at radius 1 is 1.57 bits per heavy atom. The van der Waals surface area contributed by atoms with Crippen molar-refractivity contribution < 1.29 is 23.8 Å². The van der Waals surface area contributed by atoms with Crippen molar-refractivity contribution in [3.63, 3.8) is 0 Å². The van der Waals surface area contributed by atoms with Crippen LogP contribution in [-0.4, -0.2) is 41.7 Å². The van der Waals surface area contributed by atoms with Crippen molar-refractivity contribution in [2.24, 2.45) is 0 Å². The quantitative estimate of drug-likeness (QED) is 0.796. The molecule has 0 saturated heterocycles. The molecule has 1 atom stereocenters. The molecule has 1 unspecified atom stereocenters. The zero-order valence-corrected chi connectivity index (χ0v) is 12.1. The molecule has 2 aromatic rings. The van der Waals surface area contributed by atoms with Gasteiger partial charge in [0.2, 0.25) is 5.91 Å². The molecule has 0 saturated carbocycles. The van der Waals surface area contributed by atoms with Gasteiger partial charge in [0.05, 0.1) is 24.9 Å². The lowest BCUT2D eigenvalue weighted by atomic mass is 10.3. The number of thiazole rings is 1. The zero-order valence-electron chi connectivity index (χ0n) is 11.2. The summed E-state index contributed by atoms with van der Waals surface area (Å²) in [5.41, 5.74) is 1.48. The fraction of sp³-hybridized carbons (Fsp3) is 0.308. The summed E-state index contributed by atoms with van der Waals surface area (Å²) in [7, 11) is 1.28. The van der Waals surface area contributed by atoms with Gasteiger partial charge in [0.1, 0.15) is 11.3 Å². The summed E-state index contributed by atoms with van der Waals surface area (Å²) in [6.45, 7) is -0.0800. The van der Waals surface area contributed by atoms with Gasteiger partial charge in [-0.05, 0) is 6.07 Å². The molecule has 0 fully saturated rings. The Kier molecular flexibility index (Phi) is 5.07. The first-order valence-electron chi connectivity index (χ1n) is 6.09. The number of carbonyl (C=O) groups is 2. The predicted molar refractivity (Wildman–Crippen MR) is 75.0 cm³/mol. The molecular formula is C13H14N2O5S. The summed E-state index contributed by atoms with van der Waals surface area (Å²) in [6, 6.07) is 1.79. The number of nitrogens with one attached hydrogen (secondary N) is 1. The van der Waals surface area contributed by atoms with E-state index >= 15 is 0 Å². The maximum Gasteiger partial charge on any atom is 0.334 e. The SMILES string of the molecule is COC(CNC(=O)Cc1csc(-c2ccoc2)n1)C(=O)O. The molecule has 2 aromatic heterocycles. The summed E-state index contributed by atoms with van der Waals surface area (Å²) in [5.74, 6) is -1.42. The molecule has 0 aliphatic heterocycles. The normalized spacial score (nSPS) is 12.0. The van der Waals surface area contributed by atoms with E-state index < -0.39 is 12.1 Å². The van der Waals surface area contributed by atoms with Crippen LogP contribution in [0, 0.1) is 0 Å². The Bertz CT molecular complexity index is 608. The van der Waals surface area contributed by atoms with Crippen molar-refractivity contribution >= 4 is 23.2 Å². The average Bonchev–Trinajstić information content (AvgIpc) is 3.09. The van der Waals surface area contributed by atoms with Crippen molar-refractivity contribution in [2.45, 2.75) is 12.5 Å². The summed E-state index contributed by atoms with van der Waals surface area (Å²) in [6.07, 6.45) is 2.18. The molecule has 0 spiro atoms. The van der Waals surface area contributed by atoms with Crippen LogP contribution in [0.15, 0.2) is 28.4 Å². The Labute approximate surface area is 124 Å². The number of hydrogen-bond donors (Lipinski definition) is 2. The van der Waals surface area contributed by atoms with E-state index in [0.717, 1.165) is 10.6 Å². The lowest BCUT2D eigenvalue weighted by Gasteiger charge is -2.10. The molecule has 21 heavy (non-hydrogen) atoms. The highest BCUT2D eigenvalue weighted by atomic mass is 32.1. The molecule has 2 heterocycles. The number of methoxy groups -OCH3 is 1. The van der Waals surface area contributed by atoms with Gasteiger partial charge < -0.3 is 19.6 Å². The van der Waals surface area contributed by atoms with E-state index in [-0.39, 0.29) is 18.9 Å². The monoisotopic (exact) mass is 310 g/mol. The maximum absolute atomic E-state index is 11.7. The van der Waals surface area contributed by atoms with Crippen LogP contribution >= 0.6 is 11.3 Å². The number of rotatable bonds is 7. The number of carbonyl (C=O) groups excluding carboxylic acids is 1. The molecule has 2 N–H and O–H groups in total. The zero-order chi connectivity index (χ0) is 15.2. The van der Waals surface area contributed by atoms with Gasteiger partial charge in [-0.15, -0.1) is 11.3 Å². The van der Waals surface area contributed by atoms with Crippen LogP contribution in [0.4, 0.5) is 0 Å². The lowest BCUT2D eigenvalue weighted by molar-refractivity contribution is -0.148. The first kappa shape index (κ1) is 15.2. The summed E-state index contributed by atoms with van der Waals surface area (Å²) >= 11 is 1.41. The Morgan fingerprint density at radius 3 is 3.00 bits per heavy atom. The summed E-state index contributed by atoms with van der Waals surface area (Å²) in [5, 5.41) is 13.9. The number of carboxylic acids is 1. The number of furan rings is 1. The van der Waals surface area contributed by atoms with Crippen LogP contribution in [0.25, 0.3) is 10.6 Å². The Balaban J connectivity index is 1.87. The number of amides is 1. The standard InChI is InChI=1S/C13H14N2O5S/c1-19-10(13(17)18)5-14-11(16)4-9-7-21-12(15-9)8-2-3-20-6-8/h2-3,6-7,10H,4-5H2,1H3,(H,14,16)(H,17,18). The number of nitrogens with zero attached hydrogens (tertiary/aromatic N) is 1. The molecule has 2 rings (SSSR count). The van der Waals surface area contributed by atoms with E-state index in [1.165, 1.54) is 18.4 Å². The van der Waals surface area contributed by atoms with Crippen LogP contribution in [-0.2, 0) is 20.7 Å².